The topological polar surface area (TPSA) is 64.9 Å². The number of unbranched alkanes of at least 4 members (excludes halogenated alkanes) is 1. The Morgan fingerprint density at radius 1 is 1.27 bits per heavy atom. The summed E-state index contributed by atoms with van der Waals surface area (Å²) in [6.45, 7) is 5.82. The van der Waals surface area contributed by atoms with Crippen molar-refractivity contribution in [3.63, 3.8) is 0 Å². The fraction of sp³-hybridized carbons (Fsp3) is 0.500. The number of nitrogens with one attached hydrogen (secondary N) is 1. The number of aromatic nitrogens is 4. The SMILES string of the molecule is CCCCn1nnnc1NCc1cc(Cl)cc(Cl)c1OCC. The van der Waals surface area contributed by atoms with Gasteiger partial charge in [0.2, 0.25) is 5.95 Å². The van der Waals surface area contributed by atoms with Crippen LogP contribution in [-0.4, -0.2) is 26.8 Å². The molecule has 1 aromatic carbocycles. The van der Waals surface area contributed by atoms with Gasteiger partial charge in [0.1, 0.15) is 5.75 Å². The third kappa shape index (κ3) is 4.24. The van der Waals surface area contributed by atoms with Gasteiger partial charge in [0.05, 0.1) is 11.6 Å². The fourth-order valence-corrected chi connectivity index (χ4v) is 2.61. The minimum atomic E-state index is 0.474. The maximum atomic E-state index is 6.19. The number of aryl methyl sites for hydroxylation is 1. The minimum absolute atomic E-state index is 0.474. The van der Waals surface area contributed by atoms with Crippen LogP contribution in [-0.2, 0) is 13.1 Å². The second kappa shape index (κ2) is 8.19. The molecule has 1 heterocycles. The second-order valence-corrected chi connectivity index (χ2v) is 5.59. The van der Waals surface area contributed by atoms with E-state index in [-0.39, 0.29) is 0 Å². The second-order valence-electron chi connectivity index (χ2n) is 4.74. The van der Waals surface area contributed by atoms with Crippen molar-refractivity contribution in [2.24, 2.45) is 0 Å². The Kier molecular flexibility index (Phi) is 6.27. The number of ether oxygens (including phenoxy) is 1. The van der Waals surface area contributed by atoms with Gasteiger partial charge in [-0.3, -0.25) is 0 Å². The first-order valence-corrected chi connectivity index (χ1v) is 8.02. The van der Waals surface area contributed by atoms with Gasteiger partial charge < -0.3 is 10.1 Å². The molecule has 0 fully saturated rings. The lowest BCUT2D eigenvalue weighted by atomic mass is 10.2. The zero-order valence-electron chi connectivity index (χ0n) is 12.6. The average Bonchev–Trinajstić information content (AvgIpc) is 2.93. The molecule has 0 spiro atoms. The van der Waals surface area contributed by atoms with Crippen LogP contribution >= 0.6 is 23.2 Å². The first kappa shape index (κ1) is 16.8. The molecule has 0 atom stereocenters. The number of benzene rings is 1. The molecule has 2 rings (SSSR count). The highest BCUT2D eigenvalue weighted by Gasteiger charge is 2.12. The highest BCUT2D eigenvalue weighted by molar-refractivity contribution is 6.35. The molecule has 0 unspecified atom stereocenters. The highest BCUT2D eigenvalue weighted by Crippen LogP contribution is 2.32. The van der Waals surface area contributed by atoms with E-state index in [0.717, 1.165) is 24.9 Å². The summed E-state index contributed by atoms with van der Waals surface area (Å²) in [6, 6.07) is 3.49. The van der Waals surface area contributed by atoms with E-state index in [1.54, 1.807) is 10.7 Å². The summed E-state index contributed by atoms with van der Waals surface area (Å²) in [7, 11) is 0. The lowest BCUT2D eigenvalue weighted by Crippen LogP contribution is -2.10. The molecule has 1 N–H and O–H groups in total. The van der Waals surface area contributed by atoms with Crippen molar-refractivity contribution in [2.45, 2.75) is 39.8 Å². The van der Waals surface area contributed by atoms with E-state index in [1.807, 2.05) is 13.0 Å². The van der Waals surface area contributed by atoms with Gasteiger partial charge in [-0.15, -0.1) is 0 Å². The van der Waals surface area contributed by atoms with Gasteiger partial charge >= 0.3 is 0 Å². The molecule has 0 aliphatic heterocycles. The largest absolute Gasteiger partial charge is 0.492 e. The predicted molar refractivity (Wildman–Crippen MR) is 87.7 cm³/mol. The number of tetrazole rings is 1. The first-order chi connectivity index (χ1) is 10.7. The Morgan fingerprint density at radius 2 is 2.09 bits per heavy atom. The van der Waals surface area contributed by atoms with Crippen molar-refractivity contribution in [1.29, 1.82) is 0 Å². The molecule has 0 aliphatic rings. The van der Waals surface area contributed by atoms with Crippen molar-refractivity contribution in [2.75, 3.05) is 11.9 Å². The van der Waals surface area contributed by atoms with Crippen LogP contribution in [0.15, 0.2) is 12.1 Å². The number of hydrogen-bond acceptors (Lipinski definition) is 5. The van der Waals surface area contributed by atoms with Gasteiger partial charge in [0.25, 0.3) is 0 Å². The number of hydrogen-bond donors (Lipinski definition) is 1. The van der Waals surface area contributed by atoms with Gasteiger partial charge in [-0.05, 0) is 35.9 Å². The molecule has 8 heteroatoms. The van der Waals surface area contributed by atoms with Crippen LogP contribution in [0.25, 0.3) is 0 Å². The lowest BCUT2D eigenvalue weighted by molar-refractivity contribution is 0.337. The number of halogens is 2. The zero-order chi connectivity index (χ0) is 15.9. The summed E-state index contributed by atoms with van der Waals surface area (Å²) in [5.74, 6) is 1.25. The molecular weight excluding hydrogens is 325 g/mol. The van der Waals surface area contributed by atoms with Crippen molar-refractivity contribution in [3.05, 3.63) is 27.7 Å². The molecule has 0 radical (unpaired) electrons. The maximum absolute atomic E-state index is 6.19. The third-order valence-electron chi connectivity index (χ3n) is 3.07. The predicted octanol–water partition coefficient (Wildman–Crippen LogP) is 3.79. The summed E-state index contributed by atoms with van der Waals surface area (Å²) >= 11 is 12.3. The Bertz CT molecular complexity index is 617. The summed E-state index contributed by atoms with van der Waals surface area (Å²) in [4.78, 5) is 0. The standard InChI is InChI=1S/C14H19Cl2N5O/c1-3-5-6-21-14(18-19-20-21)17-9-10-7-11(15)8-12(16)13(10)22-4-2/h7-8H,3-6,9H2,1-2H3,(H,17,18,20). The summed E-state index contributed by atoms with van der Waals surface area (Å²) in [5.41, 5.74) is 0.865. The molecule has 0 saturated carbocycles. The normalized spacial score (nSPS) is 10.7. The molecule has 0 amide bonds. The molecule has 0 bridgehead atoms. The van der Waals surface area contributed by atoms with E-state index in [1.165, 1.54) is 0 Å². The first-order valence-electron chi connectivity index (χ1n) is 7.26. The van der Waals surface area contributed by atoms with E-state index in [9.17, 15) is 0 Å². The Morgan fingerprint density at radius 3 is 2.82 bits per heavy atom. The molecular formula is C14H19Cl2N5O. The summed E-state index contributed by atoms with van der Waals surface area (Å²) < 4.78 is 7.34. The highest BCUT2D eigenvalue weighted by atomic mass is 35.5. The summed E-state index contributed by atoms with van der Waals surface area (Å²) in [5, 5.41) is 15.9. The van der Waals surface area contributed by atoms with Gasteiger partial charge in [0, 0.05) is 23.7 Å². The Hall–Kier alpha value is -1.53. The van der Waals surface area contributed by atoms with E-state index < -0.39 is 0 Å². The van der Waals surface area contributed by atoms with Crippen molar-refractivity contribution >= 4 is 29.2 Å². The summed E-state index contributed by atoms with van der Waals surface area (Å²) in [6.07, 6.45) is 2.10. The van der Waals surface area contributed by atoms with E-state index in [2.05, 4.69) is 27.8 Å². The molecule has 1 aromatic heterocycles. The number of nitrogens with zero attached hydrogens (tertiary/aromatic N) is 4. The smallest absolute Gasteiger partial charge is 0.243 e. The molecule has 6 nitrogen and oxygen atoms in total. The van der Waals surface area contributed by atoms with Gasteiger partial charge in [-0.1, -0.05) is 41.6 Å². The van der Waals surface area contributed by atoms with Crippen LogP contribution in [0.2, 0.25) is 10.0 Å². The van der Waals surface area contributed by atoms with Crippen LogP contribution in [0.5, 0.6) is 5.75 Å². The van der Waals surface area contributed by atoms with Crippen molar-refractivity contribution in [1.82, 2.24) is 20.2 Å². The Labute approximate surface area is 139 Å². The molecule has 0 saturated heterocycles. The zero-order valence-corrected chi connectivity index (χ0v) is 14.2. The van der Waals surface area contributed by atoms with Crippen molar-refractivity contribution < 1.29 is 4.74 Å². The van der Waals surface area contributed by atoms with Gasteiger partial charge in [-0.2, -0.15) is 0 Å². The monoisotopic (exact) mass is 343 g/mol. The van der Waals surface area contributed by atoms with Gasteiger partial charge in [-0.25, -0.2) is 4.68 Å². The minimum Gasteiger partial charge on any atom is -0.492 e. The van der Waals surface area contributed by atoms with E-state index in [4.69, 9.17) is 27.9 Å². The number of anilines is 1. The van der Waals surface area contributed by atoms with Gasteiger partial charge in [0.15, 0.2) is 0 Å². The Balaban J connectivity index is 2.13. The van der Waals surface area contributed by atoms with Crippen LogP contribution in [0, 0.1) is 0 Å². The van der Waals surface area contributed by atoms with Crippen LogP contribution < -0.4 is 10.1 Å². The van der Waals surface area contributed by atoms with E-state index >= 15 is 0 Å². The fourth-order valence-electron chi connectivity index (χ4n) is 2.01. The van der Waals surface area contributed by atoms with Crippen LogP contribution in [0.4, 0.5) is 5.95 Å². The average molecular weight is 344 g/mol. The van der Waals surface area contributed by atoms with Crippen LogP contribution in [0.1, 0.15) is 32.3 Å². The molecule has 120 valence electrons. The molecule has 22 heavy (non-hydrogen) atoms. The third-order valence-corrected chi connectivity index (χ3v) is 3.57. The molecule has 2 aromatic rings. The van der Waals surface area contributed by atoms with Crippen LogP contribution in [0.3, 0.4) is 0 Å². The van der Waals surface area contributed by atoms with Crippen molar-refractivity contribution in [3.8, 4) is 5.75 Å². The molecule has 0 aliphatic carbocycles. The lowest BCUT2D eigenvalue weighted by Gasteiger charge is -2.13. The number of rotatable bonds is 8. The maximum Gasteiger partial charge on any atom is 0.243 e. The quantitative estimate of drug-likeness (QED) is 0.789. The van der Waals surface area contributed by atoms with E-state index in [0.29, 0.717) is 34.9 Å².